The van der Waals surface area contributed by atoms with Gasteiger partial charge in [-0.2, -0.15) is 0 Å². The first-order valence-corrected chi connectivity index (χ1v) is 10.7. The lowest BCUT2D eigenvalue weighted by Crippen LogP contribution is -2.36. The van der Waals surface area contributed by atoms with Crippen LogP contribution in [0.1, 0.15) is 50.5 Å². The van der Waals surface area contributed by atoms with Crippen molar-refractivity contribution in [1.82, 2.24) is 10.6 Å². The van der Waals surface area contributed by atoms with E-state index >= 15 is 0 Å². The summed E-state index contributed by atoms with van der Waals surface area (Å²) in [6, 6.07) is 17.1. The van der Waals surface area contributed by atoms with Crippen LogP contribution in [0.3, 0.4) is 0 Å². The number of rotatable bonds is 6. The fourth-order valence-corrected chi connectivity index (χ4v) is 3.98. The number of benzene rings is 2. The van der Waals surface area contributed by atoms with Crippen molar-refractivity contribution in [2.45, 2.75) is 33.7 Å². The van der Waals surface area contributed by atoms with E-state index in [1.54, 1.807) is 18.2 Å². The molecule has 1 aromatic heterocycles. The fraction of sp³-hybridized carbons (Fsp3) is 0.200. The maximum absolute atomic E-state index is 13.1. The Hall–Kier alpha value is -3.18. The second-order valence-electron chi connectivity index (χ2n) is 7.45. The molecule has 0 spiro atoms. The molecule has 30 heavy (non-hydrogen) atoms. The molecule has 0 aliphatic heterocycles. The van der Waals surface area contributed by atoms with Gasteiger partial charge >= 0.3 is 0 Å². The van der Waals surface area contributed by atoms with Crippen LogP contribution in [-0.2, 0) is 4.79 Å². The second-order valence-corrected chi connectivity index (χ2v) is 8.43. The molecule has 0 aliphatic carbocycles. The lowest BCUT2D eigenvalue weighted by atomic mass is 10.0. The molecule has 2 N–H and O–H groups in total. The minimum atomic E-state index is -0.322. The van der Waals surface area contributed by atoms with Crippen LogP contribution >= 0.6 is 11.3 Å². The van der Waals surface area contributed by atoms with Crippen molar-refractivity contribution in [2.24, 2.45) is 0 Å². The molecule has 0 aliphatic rings. The maximum Gasteiger partial charge on any atom is 0.268 e. The molecule has 5 heteroatoms. The Kier molecular flexibility index (Phi) is 6.85. The van der Waals surface area contributed by atoms with Crippen molar-refractivity contribution in [3.63, 3.8) is 0 Å². The minimum Gasteiger partial charge on any atom is -0.344 e. The van der Waals surface area contributed by atoms with E-state index < -0.39 is 0 Å². The van der Waals surface area contributed by atoms with Gasteiger partial charge in [-0.05, 0) is 68.5 Å². The summed E-state index contributed by atoms with van der Waals surface area (Å²) in [5, 5.41) is 7.75. The zero-order chi connectivity index (χ0) is 21.7. The lowest BCUT2D eigenvalue weighted by Gasteiger charge is -2.19. The van der Waals surface area contributed by atoms with Gasteiger partial charge in [0.1, 0.15) is 5.70 Å². The number of aryl methyl sites for hydroxylation is 3. The third-order valence-corrected chi connectivity index (χ3v) is 5.66. The number of amides is 2. The van der Waals surface area contributed by atoms with Crippen molar-refractivity contribution in [1.29, 1.82) is 0 Å². The van der Waals surface area contributed by atoms with Crippen molar-refractivity contribution in [3.8, 4) is 0 Å². The quantitative estimate of drug-likeness (QED) is 0.532. The van der Waals surface area contributed by atoms with Crippen molar-refractivity contribution in [2.75, 3.05) is 0 Å². The molecule has 3 aromatic rings. The molecule has 3 rings (SSSR count). The first-order valence-electron chi connectivity index (χ1n) is 9.84. The van der Waals surface area contributed by atoms with Gasteiger partial charge in [-0.15, -0.1) is 11.3 Å². The summed E-state index contributed by atoms with van der Waals surface area (Å²) in [4.78, 5) is 26.7. The first kappa shape index (κ1) is 21.5. The van der Waals surface area contributed by atoms with E-state index in [1.165, 1.54) is 16.9 Å². The van der Waals surface area contributed by atoms with Crippen LogP contribution in [0, 0.1) is 20.8 Å². The standard InChI is InChI=1S/C25H26N2O2S/c1-16-7-5-8-20(14-16)24(28)27-23(15-21-9-6-12-30-21)25(29)26-19(4)22-11-10-17(2)13-18(22)3/h5-15,19H,1-4H3,(H,26,29)(H,27,28)/b23-15-/t19-/m0/s1. The summed E-state index contributed by atoms with van der Waals surface area (Å²) < 4.78 is 0. The Morgan fingerprint density at radius 2 is 1.73 bits per heavy atom. The predicted octanol–water partition coefficient (Wildman–Crippen LogP) is 5.32. The summed E-state index contributed by atoms with van der Waals surface area (Å²) in [5.41, 5.74) is 5.07. The van der Waals surface area contributed by atoms with Crippen molar-refractivity contribution in [3.05, 3.63) is 98.4 Å². The molecule has 154 valence electrons. The normalized spacial score (nSPS) is 12.3. The molecule has 0 fully saturated rings. The molecule has 2 amide bonds. The molecule has 0 saturated carbocycles. The first-order chi connectivity index (χ1) is 14.3. The summed E-state index contributed by atoms with van der Waals surface area (Å²) >= 11 is 1.51. The van der Waals surface area contributed by atoms with Gasteiger partial charge in [-0.3, -0.25) is 9.59 Å². The van der Waals surface area contributed by atoms with Gasteiger partial charge in [-0.1, -0.05) is 47.5 Å². The molecule has 0 radical (unpaired) electrons. The number of hydrogen-bond acceptors (Lipinski definition) is 3. The van der Waals surface area contributed by atoms with E-state index in [2.05, 4.69) is 16.7 Å². The smallest absolute Gasteiger partial charge is 0.268 e. The highest BCUT2D eigenvalue weighted by Crippen LogP contribution is 2.20. The molecule has 4 nitrogen and oxygen atoms in total. The van der Waals surface area contributed by atoms with E-state index in [-0.39, 0.29) is 23.6 Å². The zero-order valence-corrected chi connectivity index (χ0v) is 18.5. The average molecular weight is 419 g/mol. The highest BCUT2D eigenvalue weighted by Gasteiger charge is 2.18. The zero-order valence-electron chi connectivity index (χ0n) is 17.7. The van der Waals surface area contributed by atoms with Gasteiger partial charge in [-0.25, -0.2) is 0 Å². The fourth-order valence-electron chi connectivity index (χ4n) is 3.32. The molecule has 2 aromatic carbocycles. The van der Waals surface area contributed by atoms with Crippen LogP contribution in [0.25, 0.3) is 6.08 Å². The molecule has 0 saturated heterocycles. The Balaban J connectivity index is 1.83. The monoisotopic (exact) mass is 418 g/mol. The number of thiophene rings is 1. The van der Waals surface area contributed by atoms with Crippen molar-refractivity contribution >= 4 is 29.2 Å². The molecular formula is C25H26N2O2S. The van der Waals surface area contributed by atoms with E-state index in [9.17, 15) is 9.59 Å². The average Bonchev–Trinajstić information content (AvgIpc) is 3.20. The van der Waals surface area contributed by atoms with E-state index in [0.717, 1.165) is 21.6 Å². The van der Waals surface area contributed by atoms with Gasteiger partial charge in [0.05, 0.1) is 6.04 Å². The van der Waals surface area contributed by atoms with Crippen LogP contribution in [-0.4, -0.2) is 11.8 Å². The Bertz CT molecular complexity index is 1080. The van der Waals surface area contributed by atoms with E-state index in [1.807, 2.05) is 69.5 Å². The highest BCUT2D eigenvalue weighted by molar-refractivity contribution is 7.10. The topological polar surface area (TPSA) is 58.2 Å². The largest absolute Gasteiger partial charge is 0.344 e. The highest BCUT2D eigenvalue weighted by atomic mass is 32.1. The van der Waals surface area contributed by atoms with Gasteiger partial charge in [0.25, 0.3) is 11.8 Å². The summed E-state index contributed by atoms with van der Waals surface area (Å²) in [6.07, 6.45) is 1.71. The summed E-state index contributed by atoms with van der Waals surface area (Å²) in [5.74, 6) is -0.632. The summed E-state index contributed by atoms with van der Waals surface area (Å²) in [7, 11) is 0. The van der Waals surface area contributed by atoms with Gasteiger partial charge in [0, 0.05) is 10.4 Å². The summed E-state index contributed by atoms with van der Waals surface area (Å²) in [6.45, 7) is 7.95. The minimum absolute atomic E-state index is 0.194. The Morgan fingerprint density at radius 1 is 0.967 bits per heavy atom. The number of carbonyl (C=O) groups is 2. The van der Waals surface area contributed by atoms with E-state index in [0.29, 0.717) is 5.56 Å². The molecule has 1 atom stereocenters. The van der Waals surface area contributed by atoms with Crippen molar-refractivity contribution < 1.29 is 9.59 Å². The van der Waals surface area contributed by atoms with Gasteiger partial charge < -0.3 is 10.6 Å². The molecule has 0 bridgehead atoms. The third kappa shape index (κ3) is 5.45. The molecular weight excluding hydrogens is 392 g/mol. The number of nitrogens with one attached hydrogen (secondary N) is 2. The third-order valence-electron chi connectivity index (χ3n) is 4.84. The Morgan fingerprint density at radius 3 is 2.40 bits per heavy atom. The second kappa shape index (κ2) is 9.55. The number of carbonyl (C=O) groups excluding carboxylic acids is 2. The molecule has 0 unspecified atom stereocenters. The Labute approximate surface area is 181 Å². The maximum atomic E-state index is 13.1. The van der Waals surface area contributed by atoms with Gasteiger partial charge in [0.2, 0.25) is 0 Å². The van der Waals surface area contributed by atoms with Crippen LogP contribution in [0.5, 0.6) is 0 Å². The van der Waals surface area contributed by atoms with Crippen LogP contribution in [0.2, 0.25) is 0 Å². The van der Waals surface area contributed by atoms with E-state index in [4.69, 9.17) is 0 Å². The molecule has 1 heterocycles. The lowest BCUT2D eigenvalue weighted by molar-refractivity contribution is -0.118. The predicted molar refractivity (Wildman–Crippen MR) is 123 cm³/mol. The van der Waals surface area contributed by atoms with Crippen LogP contribution in [0.15, 0.2) is 65.7 Å². The van der Waals surface area contributed by atoms with Gasteiger partial charge in [0.15, 0.2) is 0 Å². The van der Waals surface area contributed by atoms with Crippen LogP contribution < -0.4 is 10.6 Å². The SMILES string of the molecule is Cc1cccc(C(=O)N/C(=C\c2cccs2)C(=O)N[C@@H](C)c2ccc(C)cc2C)c1. The number of hydrogen-bond donors (Lipinski definition) is 2. The van der Waals surface area contributed by atoms with Crippen LogP contribution in [0.4, 0.5) is 0 Å².